The summed E-state index contributed by atoms with van der Waals surface area (Å²) < 4.78 is 5.79. The van der Waals surface area contributed by atoms with Crippen molar-refractivity contribution in [2.24, 2.45) is 5.73 Å². The van der Waals surface area contributed by atoms with Crippen molar-refractivity contribution in [1.29, 1.82) is 0 Å². The minimum Gasteiger partial charge on any atom is -0.492 e. The van der Waals surface area contributed by atoms with Crippen LogP contribution in [0.2, 0.25) is 0 Å². The summed E-state index contributed by atoms with van der Waals surface area (Å²) in [5.41, 5.74) is 7.08. The van der Waals surface area contributed by atoms with E-state index in [9.17, 15) is 0 Å². The molecule has 0 radical (unpaired) electrons. The highest BCUT2D eigenvalue weighted by atomic mass is 16.5. The second kappa shape index (κ2) is 6.03. The van der Waals surface area contributed by atoms with Crippen molar-refractivity contribution in [1.82, 2.24) is 4.90 Å². The molecule has 0 saturated carbocycles. The minimum atomic E-state index is 0.406. The molecule has 0 bridgehead atoms. The summed E-state index contributed by atoms with van der Waals surface area (Å²) >= 11 is 0. The number of nitrogens with zero attached hydrogens (tertiary/aromatic N) is 1. The predicted molar refractivity (Wildman–Crippen MR) is 70.3 cm³/mol. The summed E-state index contributed by atoms with van der Waals surface area (Å²) in [4.78, 5) is 2.43. The summed E-state index contributed by atoms with van der Waals surface area (Å²) in [5.74, 6) is 1.00. The average Bonchev–Trinajstić information content (AvgIpc) is 2.34. The first-order chi connectivity index (χ1) is 8.25. The van der Waals surface area contributed by atoms with Crippen molar-refractivity contribution < 1.29 is 4.74 Å². The first kappa shape index (κ1) is 12.4. The predicted octanol–water partition coefficient (Wildman–Crippen LogP) is 1.80. The van der Waals surface area contributed by atoms with E-state index in [0.717, 1.165) is 44.8 Å². The molecule has 3 heteroatoms. The SMILES string of the molecule is Cc1ccccc1OCCN1CCC(N)CC1. The van der Waals surface area contributed by atoms with Crippen LogP contribution in [0.5, 0.6) is 5.75 Å². The van der Waals surface area contributed by atoms with Crippen LogP contribution in [-0.4, -0.2) is 37.2 Å². The normalized spacial score (nSPS) is 18.2. The topological polar surface area (TPSA) is 38.5 Å². The van der Waals surface area contributed by atoms with E-state index in [-0.39, 0.29) is 0 Å². The highest BCUT2D eigenvalue weighted by Crippen LogP contribution is 2.16. The van der Waals surface area contributed by atoms with Crippen LogP contribution in [0.1, 0.15) is 18.4 Å². The Kier molecular flexibility index (Phi) is 4.40. The van der Waals surface area contributed by atoms with Gasteiger partial charge in [0.15, 0.2) is 0 Å². The highest BCUT2D eigenvalue weighted by Gasteiger charge is 2.15. The van der Waals surface area contributed by atoms with Crippen LogP contribution in [0.4, 0.5) is 0 Å². The fraction of sp³-hybridized carbons (Fsp3) is 0.571. The Morgan fingerprint density at radius 3 is 2.71 bits per heavy atom. The molecule has 0 spiro atoms. The van der Waals surface area contributed by atoms with Crippen LogP contribution < -0.4 is 10.5 Å². The van der Waals surface area contributed by atoms with E-state index in [1.165, 1.54) is 5.56 Å². The number of rotatable bonds is 4. The number of hydrogen-bond donors (Lipinski definition) is 1. The van der Waals surface area contributed by atoms with Gasteiger partial charge in [0.05, 0.1) is 0 Å². The number of para-hydroxylation sites is 1. The zero-order chi connectivity index (χ0) is 12.1. The third kappa shape index (κ3) is 3.72. The Labute approximate surface area is 104 Å². The second-order valence-electron chi connectivity index (χ2n) is 4.79. The molecule has 1 heterocycles. The molecule has 2 rings (SSSR count). The van der Waals surface area contributed by atoms with Crippen LogP contribution in [0.15, 0.2) is 24.3 Å². The number of piperidine rings is 1. The molecule has 0 atom stereocenters. The Bertz CT molecular complexity index is 346. The molecule has 1 aromatic rings. The van der Waals surface area contributed by atoms with E-state index >= 15 is 0 Å². The van der Waals surface area contributed by atoms with E-state index in [1.54, 1.807) is 0 Å². The third-order valence-electron chi connectivity index (χ3n) is 3.39. The van der Waals surface area contributed by atoms with Crippen molar-refractivity contribution in [3.8, 4) is 5.75 Å². The maximum Gasteiger partial charge on any atom is 0.122 e. The van der Waals surface area contributed by atoms with Crippen LogP contribution in [0, 0.1) is 6.92 Å². The average molecular weight is 234 g/mol. The summed E-state index contributed by atoms with van der Waals surface area (Å²) in [6.07, 6.45) is 2.23. The van der Waals surface area contributed by atoms with Crippen LogP contribution in [0.3, 0.4) is 0 Å². The van der Waals surface area contributed by atoms with Gasteiger partial charge in [0.2, 0.25) is 0 Å². The molecular weight excluding hydrogens is 212 g/mol. The smallest absolute Gasteiger partial charge is 0.122 e. The van der Waals surface area contributed by atoms with Gasteiger partial charge in [-0.25, -0.2) is 0 Å². The van der Waals surface area contributed by atoms with Gasteiger partial charge in [-0.15, -0.1) is 0 Å². The second-order valence-corrected chi connectivity index (χ2v) is 4.79. The molecule has 1 saturated heterocycles. The Hall–Kier alpha value is -1.06. The van der Waals surface area contributed by atoms with Gasteiger partial charge in [-0.2, -0.15) is 0 Å². The molecule has 1 aliphatic heterocycles. The lowest BCUT2D eigenvalue weighted by atomic mass is 10.1. The number of hydrogen-bond acceptors (Lipinski definition) is 3. The molecule has 94 valence electrons. The maximum absolute atomic E-state index is 5.88. The van der Waals surface area contributed by atoms with Crippen molar-refractivity contribution >= 4 is 0 Å². The highest BCUT2D eigenvalue weighted by molar-refractivity contribution is 5.31. The van der Waals surface area contributed by atoms with Crippen molar-refractivity contribution in [3.63, 3.8) is 0 Å². The lowest BCUT2D eigenvalue weighted by molar-refractivity contribution is 0.174. The molecule has 1 fully saturated rings. The van der Waals surface area contributed by atoms with Gasteiger partial charge in [-0.3, -0.25) is 4.90 Å². The largest absolute Gasteiger partial charge is 0.492 e. The van der Waals surface area contributed by atoms with Gasteiger partial charge in [0.25, 0.3) is 0 Å². The van der Waals surface area contributed by atoms with Crippen molar-refractivity contribution in [3.05, 3.63) is 29.8 Å². The van der Waals surface area contributed by atoms with E-state index in [1.807, 2.05) is 18.2 Å². The number of nitrogens with two attached hydrogens (primary N) is 1. The number of ether oxygens (including phenoxy) is 1. The number of aryl methyl sites for hydroxylation is 1. The molecule has 3 nitrogen and oxygen atoms in total. The third-order valence-corrected chi connectivity index (χ3v) is 3.39. The first-order valence-corrected chi connectivity index (χ1v) is 6.42. The van der Waals surface area contributed by atoms with Gasteiger partial charge >= 0.3 is 0 Å². The van der Waals surface area contributed by atoms with Crippen LogP contribution >= 0.6 is 0 Å². The Morgan fingerprint density at radius 1 is 1.29 bits per heavy atom. The summed E-state index contributed by atoms with van der Waals surface area (Å²) in [6, 6.07) is 8.57. The number of likely N-dealkylation sites (tertiary alicyclic amines) is 1. The lowest BCUT2D eigenvalue weighted by Crippen LogP contribution is -2.41. The monoisotopic (exact) mass is 234 g/mol. The zero-order valence-corrected chi connectivity index (χ0v) is 10.6. The van der Waals surface area contributed by atoms with Gasteiger partial charge in [0.1, 0.15) is 12.4 Å². The quantitative estimate of drug-likeness (QED) is 0.863. The lowest BCUT2D eigenvalue weighted by Gasteiger charge is -2.29. The van der Waals surface area contributed by atoms with Crippen LogP contribution in [0.25, 0.3) is 0 Å². The van der Waals surface area contributed by atoms with Gasteiger partial charge in [-0.05, 0) is 44.5 Å². The molecule has 0 unspecified atom stereocenters. The fourth-order valence-electron chi connectivity index (χ4n) is 2.18. The Balaban J connectivity index is 1.71. The molecule has 1 aliphatic rings. The molecule has 17 heavy (non-hydrogen) atoms. The van der Waals surface area contributed by atoms with E-state index in [2.05, 4.69) is 17.9 Å². The van der Waals surface area contributed by atoms with E-state index in [0.29, 0.717) is 6.04 Å². The summed E-state index contributed by atoms with van der Waals surface area (Å²) in [6.45, 7) is 6.06. The summed E-state index contributed by atoms with van der Waals surface area (Å²) in [5, 5.41) is 0. The molecule has 1 aromatic carbocycles. The Morgan fingerprint density at radius 2 is 2.00 bits per heavy atom. The molecule has 2 N–H and O–H groups in total. The fourth-order valence-corrected chi connectivity index (χ4v) is 2.18. The number of benzene rings is 1. The minimum absolute atomic E-state index is 0.406. The van der Waals surface area contributed by atoms with Gasteiger partial charge in [-0.1, -0.05) is 18.2 Å². The van der Waals surface area contributed by atoms with E-state index in [4.69, 9.17) is 10.5 Å². The van der Waals surface area contributed by atoms with Crippen molar-refractivity contribution in [2.75, 3.05) is 26.2 Å². The first-order valence-electron chi connectivity index (χ1n) is 6.42. The molecule has 0 aromatic heterocycles. The van der Waals surface area contributed by atoms with Crippen LogP contribution in [-0.2, 0) is 0 Å². The molecule has 0 aliphatic carbocycles. The standard InChI is InChI=1S/C14H22N2O/c1-12-4-2-3-5-14(12)17-11-10-16-8-6-13(15)7-9-16/h2-5,13H,6-11,15H2,1H3. The van der Waals surface area contributed by atoms with Gasteiger partial charge in [0, 0.05) is 12.6 Å². The zero-order valence-electron chi connectivity index (χ0n) is 10.6. The molecule has 0 amide bonds. The molecular formula is C14H22N2O. The van der Waals surface area contributed by atoms with Gasteiger partial charge < -0.3 is 10.5 Å². The van der Waals surface area contributed by atoms with E-state index < -0.39 is 0 Å². The van der Waals surface area contributed by atoms with Crippen molar-refractivity contribution in [2.45, 2.75) is 25.8 Å². The summed E-state index contributed by atoms with van der Waals surface area (Å²) in [7, 11) is 0. The maximum atomic E-state index is 5.88.